The van der Waals surface area contributed by atoms with E-state index in [0.717, 1.165) is 5.56 Å². The number of hydrogen-bond acceptors (Lipinski definition) is 5. The summed E-state index contributed by atoms with van der Waals surface area (Å²) in [4.78, 5) is 0.167. The fourth-order valence-corrected chi connectivity index (χ4v) is 7.17. The molecule has 1 fully saturated rings. The summed E-state index contributed by atoms with van der Waals surface area (Å²) in [7, 11) is -7.03. The number of rotatable bonds is 5. The van der Waals surface area contributed by atoms with Gasteiger partial charge < -0.3 is 5.32 Å². The summed E-state index contributed by atoms with van der Waals surface area (Å²) in [5, 5.41) is 1.99. The van der Waals surface area contributed by atoms with Crippen molar-refractivity contribution in [3.63, 3.8) is 0 Å². The summed E-state index contributed by atoms with van der Waals surface area (Å²) < 4.78 is 49.0. The first-order valence-electron chi connectivity index (χ1n) is 6.61. The number of hydrogen-bond donors (Lipinski definition) is 1. The number of sulfone groups is 2. The minimum atomic E-state index is -3.68. The van der Waals surface area contributed by atoms with Crippen molar-refractivity contribution in [2.45, 2.75) is 23.1 Å². The third kappa shape index (κ3) is 3.53. The van der Waals surface area contributed by atoms with Gasteiger partial charge in [-0.2, -0.15) is 0 Å². The molecular formula is C14H19NO4S2. The van der Waals surface area contributed by atoms with Crippen molar-refractivity contribution in [2.24, 2.45) is 0 Å². The predicted octanol–water partition coefficient (Wildman–Crippen LogP) is 0.710. The van der Waals surface area contributed by atoms with Gasteiger partial charge in [0.1, 0.15) is 0 Å². The van der Waals surface area contributed by atoms with Gasteiger partial charge in [0.05, 0.1) is 21.7 Å². The Balaban J connectivity index is 2.36. The van der Waals surface area contributed by atoms with Crippen LogP contribution in [0.5, 0.6) is 0 Å². The van der Waals surface area contributed by atoms with Crippen molar-refractivity contribution in [1.29, 1.82) is 0 Å². The van der Waals surface area contributed by atoms with Crippen LogP contribution < -0.4 is 5.32 Å². The van der Waals surface area contributed by atoms with Gasteiger partial charge in [-0.05, 0) is 19.1 Å². The highest BCUT2D eigenvalue weighted by atomic mass is 32.2. The average Bonchev–Trinajstić information content (AvgIpc) is 2.73. The van der Waals surface area contributed by atoms with Crippen LogP contribution >= 0.6 is 0 Å². The molecule has 0 spiro atoms. The molecule has 1 aliphatic rings. The molecule has 1 saturated heterocycles. The van der Waals surface area contributed by atoms with Gasteiger partial charge in [-0.15, -0.1) is 6.58 Å². The molecule has 1 aromatic carbocycles. The number of nitrogens with one attached hydrogen (secondary N) is 1. The number of benzene rings is 1. The van der Waals surface area contributed by atoms with Crippen molar-refractivity contribution >= 4 is 19.7 Å². The molecule has 0 aromatic heterocycles. The highest BCUT2D eigenvalue weighted by molar-refractivity contribution is 7.96. The molecule has 7 heteroatoms. The lowest BCUT2D eigenvalue weighted by atomic mass is 10.2. The maximum Gasteiger partial charge on any atom is 0.183 e. The van der Waals surface area contributed by atoms with Gasteiger partial charge in [0, 0.05) is 12.6 Å². The van der Waals surface area contributed by atoms with E-state index in [2.05, 4.69) is 11.9 Å². The summed E-state index contributed by atoms with van der Waals surface area (Å²) in [5.41, 5.74) is 0.953. The average molecular weight is 329 g/mol. The van der Waals surface area contributed by atoms with Crippen LogP contribution in [0, 0.1) is 6.92 Å². The molecule has 0 aliphatic carbocycles. The highest BCUT2D eigenvalue weighted by Crippen LogP contribution is 2.26. The Bertz CT molecular complexity index is 721. The summed E-state index contributed by atoms with van der Waals surface area (Å²) >= 11 is 0. The molecule has 0 bridgehead atoms. The molecule has 1 aromatic rings. The fraction of sp³-hybridized carbons (Fsp3) is 0.429. The van der Waals surface area contributed by atoms with E-state index >= 15 is 0 Å². The second-order valence-corrected chi connectivity index (χ2v) is 9.60. The molecule has 1 aliphatic heterocycles. The molecule has 0 saturated carbocycles. The van der Waals surface area contributed by atoms with E-state index in [1.807, 2.05) is 6.92 Å². The van der Waals surface area contributed by atoms with Crippen LogP contribution in [0.15, 0.2) is 41.8 Å². The van der Waals surface area contributed by atoms with Crippen LogP contribution in [0.3, 0.4) is 0 Å². The highest BCUT2D eigenvalue weighted by Gasteiger charge is 2.45. The Morgan fingerprint density at radius 3 is 2.48 bits per heavy atom. The summed E-state index contributed by atoms with van der Waals surface area (Å²) in [6.07, 6.45) is 1.58. The van der Waals surface area contributed by atoms with E-state index in [9.17, 15) is 16.8 Å². The lowest BCUT2D eigenvalue weighted by molar-refractivity contribution is 0.544. The van der Waals surface area contributed by atoms with Gasteiger partial charge in [-0.3, -0.25) is 0 Å². The molecule has 5 nitrogen and oxygen atoms in total. The third-order valence-electron chi connectivity index (χ3n) is 3.57. The largest absolute Gasteiger partial charge is 0.308 e. The lowest BCUT2D eigenvalue weighted by Gasteiger charge is -2.19. The SMILES string of the molecule is C=CCN[C@H]1CS(=O)(=O)C[C@@H]1S(=O)(=O)c1ccc(C)cc1. The zero-order valence-electron chi connectivity index (χ0n) is 11.8. The van der Waals surface area contributed by atoms with Gasteiger partial charge in [0.25, 0.3) is 0 Å². The maximum atomic E-state index is 12.7. The first kappa shape index (κ1) is 16.2. The number of aryl methyl sites for hydroxylation is 1. The van der Waals surface area contributed by atoms with Crippen LogP contribution in [-0.4, -0.2) is 46.2 Å². The molecule has 21 heavy (non-hydrogen) atoms. The second kappa shape index (κ2) is 5.90. The zero-order chi connectivity index (χ0) is 15.7. The Morgan fingerprint density at radius 1 is 1.29 bits per heavy atom. The molecule has 0 radical (unpaired) electrons. The first-order chi connectivity index (χ1) is 9.76. The lowest BCUT2D eigenvalue weighted by Crippen LogP contribution is -2.43. The summed E-state index contributed by atoms with van der Waals surface area (Å²) in [5.74, 6) is -0.491. The predicted molar refractivity (Wildman–Crippen MR) is 82.8 cm³/mol. The van der Waals surface area contributed by atoms with Crippen LogP contribution in [0.1, 0.15) is 5.56 Å². The quantitative estimate of drug-likeness (QED) is 0.805. The van der Waals surface area contributed by atoms with E-state index in [1.165, 1.54) is 12.1 Å². The van der Waals surface area contributed by atoms with Crippen molar-refractivity contribution in [3.05, 3.63) is 42.5 Å². The molecule has 2 atom stereocenters. The molecule has 2 rings (SSSR count). The van der Waals surface area contributed by atoms with Crippen molar-refractivity contribution in [1.82, 2.24) is 5.32 Å². The molecule has 1 heterocycles. The van der Waals surface area contributed by atoms with Gasteiger partial charge in [-0.25, -0.2) is 16.8 Å². The molecule has 0 unspecified atom stereocenters. The van der Waals surface area contributed by atoms with Gasteiger partial charge >= 0.3 is 0 Å². The molecule has 1 N–H and O–H groups in total. The minimum absolute atomic E-state index is 0.156. The zero-order valence-corrected chi connectivity index (χ0v) is 13.5. The van der Waals surface area contributed by atoms with Gasteiger partial charge in [0.15, 0.2) is 19.7 Å². The van der Waals surface area contributed by atoms with Crippen molar-refractivity contribution in [3.8, 4) is 0 Å². The Kier molecular flexibility index (Phi) is 4.55. The molecule has 116 valence electrons. The van der Waals surface area contributed by atoms with E-state index in [0.29, 0.717) is 6.54 Å². The fourth-order valence-electron chi connectivity index (χ4n) is 2.45. The first-order valence-corrected chi connectivity index (χ1v) is 9.98. The van der Waals surface area contributed by atoms with Crippen LogP contribution in [0.25, 0.3) is 0 Å². The van der Waals surface area contributed by atoms with E-state index in [1.54, 1.807) is 18.2 Å². The van der Waals surface area contributed by atoms with Crippen LogP contribution in [0.4, 0.5) is 0 Å². The third-order valence-corrected chi connectivity index (χ3v) is 7.74. The molecular weight excluding hydrogens is 310 g/mol. The monoisotopic (exact) mass is 329 g/mol. The van der Waals surface area contributed by atoms with Gasteiger partial charge in [-0.1, -0.05) is 23.8 Å². The molecule has 0 amide bonds. The normalized spacial score (nSPS) is 24.8. The van der Waals surface area contributed by atoms with Crippen molar-refractivity contribution < 1.29 is 16.8 Å². The standard InChI is InChI=1S/C14H19NO4S2/c1-3-8-15-13-9-20(16,17)10-14(13)21(18,19)12-6-4-11(2)5-7-12/h3-7,13-15H,1,8-10H2,2H3/t13-,14-/m0/s1. The second-order valence-electron chi connectivity index (χ2n) is 5.28. The maximum absolute atomic E-state index is 12.7. The van der Waals surface area contributed by atoms with E-state index < -0.39 is 31.0 Å². The topological polar surface area (TPSA) is 80.3 Å². The Labute approximate surface area is 125 Å². The van der Waals surface area contributed by atoms with Gasteiger partial charge in [0.2, 0.25) is 0 Å². The Morgan fingerprint density at radius 2 is 1.90 bits per heavy atom. The smallest absolute Gasteiger partial charge is 0.183 e. The summed E-state index contributed by atoms with van der Waals surface area (Å²) in [6, 6.07) is 5.88. The Hall–Kier alpha value is -1.18. The van der Waals surface area contributed by atoms with Crippen LogP contribution in [0.2, 0.25) is 0 Å². The van der Waals surface area contributed by atoms with Crippen LogP contribution in [-0.2, 0) is 19.7 Å². The van der Waals surface area contributed by atoms with E-state index in [-0.39, 0.29) is 16.4 Å². The summed E-state index contributed by atoms with van der Waals surface area (Å²) in [6.45, 7) is 5.79. The minimum Gasteiger partial charge on any atom is -0.308 e. The van der Waals surface area contributed by atoms with E-state index in [4.69, 9.17) is 0 Å². The van der Waals surface area contributed by atoms with Crippen molar-refractivity contribution in [2.75, 3.05) is 18.1 Å².